The SMILES string of the molecule is COC(=O)N[C@H](C(=O)N1CC(C2CC2)=CC1c1ncc(-c2ccc(-c3ccc(C(=O)Nc4ccc(N5CCN(C(=O)C(C)(C)C)CC5C)nc4)cc3OC(F)(F)F)cc2)[nH]1)C(C)C. The molecule has 17 heteroatoms. The van der Waals surface area contributed by atoms with Gasteiger partial charge in [-0.05, 0) is 78.6 Å². The minimum Gasteiger partial charge on any atom is -0.453 e. The Labute approximate surface area is 364 Å². The van der Waals surface area contributed by atoms with Gasteiger partial charge in [-0.1, -0.05) is 65.0 Å². The predicted molar refractivity (Wildman–Crippen MR) is 231 cm³/mol. The molecule has 2 unspecified atom stereocenters. The number of amides is 4. The van der Waals surface area contributed by atoms with Gasteiger partial charge >= 0.3 is 12.5 Å². The molecule has 7 rings (SSSR count). The highest BCUT2D eigenvalue weighted by Gasteiger charge is 2.41. The zero-order valence-electron chi connectivity index (χ0n) is 36.4. The zero-order valence-corrected chi connectivity index (χ0v) is 36.4. The minimum atomic E-state index is -5.04. The topological polar surface area (TPSA) is 162 Å². The lowest BCUT2D eigenvalue weighted by molar-refractivity contribution is -0.274. The van der Waals surface area contributed by atoms with Gasteiger partial charge in [0.2, 0.25) is 11.8 Å². The number of nitrogens with one attached hydrogen (secondary N) is 3. The Bertz CT molecular complexity index is 2370. The molecule has 0 radical (unpaired) electrons. The van der Waals surface area contributed by atoms with Gasteiger partial charge in [0.05, 0.1) is 30.9 Å². The maximum absolute atomic E-state index is 13.9. The number of aromatic nitrogens is 3. The maximum Gasteiger partial charge on any atom is 0.573 e. The van der Waals surface area contributed by atoms with E-state index in [4.69, 9.17) is 4.74 Å². The van der Waals surface area contributed by atoms with E-state index >= 15 is 0 Å². The summed E-state index contributed by atoms with van der Waals surface area (Å²) in [5, 5.41) is 5.38. The van der Waals surface area contributed by atoms with Crippen LogP contribution in [0.25, 0.3) is 22.4 Å². The smallest absolute Gasteiger partial charge is 0.453 e. The van der Waals surface area contributed by atoms with Crippen molar-refractivity contribution in [2.75, 3.05) is 43.5 Å². The first-order valence-corrected chi connectivity index (χ1v) is 21.0. The number of alkyl carbamates (subject to hydrolysis) is 1. The van der Waals surface area contributed by atoms with Crippen LogP contribution in [-0.2, 0) is 14.3 Å². The molecule has 2 fully saturated rings. The highest BCUT2D eigenvalue weighted by Crippen LogP contribution is 2.43. The number of piperazine rings is 1. The molecule has 4 heterocycles. The lowest BCUT2D eigenvalue weighted by atomic mass is 9.94. The number of carbonyl (C=O) groups is 4. The van der Waals surface area contributed by atoms with Crippen LogP contribution < -0.4 is 20.3 Å². The van der Waals surface area contributed by atoms with Gasteiger partial charge in [-0.2, -0.15) is 0 Å². The number of pyridine rings is 1. The fourth-order valence-electron chi connectivity index (χ4n) is 8.04. The molecule has 2 aromatic carbocycles. The van der Waals surface area contributed by atoms with Crippen molar-refractivity contribution in [3.05, 3.63) is 90.0 Å². The van der Waals surface area contributed by atoms with Gasteiger partial charge in [0.1, 0.15) is 29.5 Å². The van der Waals surface area contributed by atoms with Gasteiger partial charge in [-0.25, -0.2) is 14.8 Å². The van der Waals surface area contributed by atoms with E-state index in [1.165, 1.54) is 25.4 Å². The number of halogens is 3. The summed E-state index contributed by atoms with van der Waals surface area (Å²) in [5.41, 5.74) is 2.79. The van der Waals surface area contributed by atoms with Crippen molar-refractivity contribution in [1.29, 1.82) is 0 Å². The standard InChI is InChI=1S/C46H53F3N8O6/c1-26(2)39(54-44(61)62-7)42(59)57-25-32(28-8-9-28)20-36(57)40-51-23-35(53-40)30-12-10-29(11-13-30)34-16-14-31(21-37(34)63-46(47,48)49)41(58)52-33-15-17-38(50-22-33)56-19-18-55(24-27(56)3)43(60)45(4,5)6/h10-17,20-23,26-28,36,39H,8-9,18-19,24-25H2,1-7H3,(H,51,53)(H,52,58)(H,54,61)/t27?,36?,39-/m0/s1. The van der Waals surface area contributed by atoms with E-state index in [-0.39, 0.29) is 34.9 Å². The number of benzene rings is 2. The number of alkyl halides is 3. The van der Waals surface area contributed by atoms with Crippen LogP contribution in [0, 0.1) is 17.3 Å². The molecule has 1 aliphatic carbocycles. The number of hydrogen-bond acceptors (Lipinski definition) is 9. The first kappa shape index (κ1) is 44.7. The summed E-state index contributed by atoms with van der Waals surface area (Å²) in [7, 11) is 1.25. The zero-order chi connectivity index (χ0) is 45.4. The summed E-state index contributed by atoms with van der Waals surface area (Å²) >= 11 is 0. The van der Waals surface area contributed by atoms with Gasteiger partial charge in [0, 0.05) is 48.8 Å². The monoisotopic (exact) mass is 870 g/mol. The molecule has 4 amide bonds. The molecule has 4 aromatic rings. The predicted octanol–water partition coefficient (Wildman–Crippen LogP) is 7.97. The number of anilines is 2. The average molecular weight is 871 g/mol. The third kappa shape index (κ3) is 10.3. The van der Waals surface area contributed by atoms with E-state index in [1.54, 1.807) is 47.5 Å². The number of carbonyl (C=O) groups excluding carboxylic acids is 4. The van der Waals surface area contributed by atoms with Crippen molar-refractivity contribution in [2.24, 2.45) is 17.3 Å². The molecular weight excluding hydrogens is 818 g/mol. The summed E-state index contributed by atoms with van der Waals surface area (Å²) in [6, 6.07) is 12.7. The number of nitrogens with zero attached hydrogens (tertiary/aromatic N) is 5. The highest BCUT2D eigenvalue weighted by molar-refractivity contribution is 6.05. The molecule has 334 valence electrons. The Morgan fingerprint density at radius 3 is 2.24 bits per heavy atom. The normalized spacial score (nSPS) is 18.5. The molecule has 2 aliphatic heterocycles. The Hall–Kier alpha value is -6.39. The Morgan fingerprint density at radius 2 is 1.63 bits per heavy atom. The minimum absolute atomic E-state index is 0.00495. The second kappa shape index (κ2) is 17.8. The number of aromatic amines is 1. The van der Waals surface area contributed by atoms with Crippen LogP contribution in [-0.4, -0.2) is 100 Å². The second-order valence-corrected chi connectivity index (χ2v) is 17.7. The maximum atomic E-state index is 13.9. The Kier molecular flexibility index (Phi) is 12.6. The number of rotatable bonds is 11. The number of ether oxygens (including phenoxy) is 2. The van der Waals surface area contributed by atoms with E-state index in [2.05, 4.69) is 41.3 Å². The van der Waals surface area contributed by atoms with Crippen LogP contribution in [0.4, 0.5) is 29.5 Å². The Morgan fingerprint density at radius 1 is 0.921 bits per heavy atom. The van der Waals surface area contributed by atoms with Crippen LogP contribution in [0.1, 0.15) is 76.6 Å². The molecule has 14 nitrogen and oxygen atoms in total. The van der Waals surface area contributed by atoms with E-state index in [0.29, 0.717) is 66.2 Å². The van der Waals surface area contributed by atoms with Crippen LogP contribution >= 0.6 is 0 Å². The molecule has 1 saturated heterocycles. The van der Waals surface area contributed by atoms with Crippen molar-refractivity contribution in [3.63, 3.8) is 0 Å². The van der Waals surface area contributed by atoms with E-state index in [1.807, 2.05) is 46.4 Å². The fourth-order valence-corrected chi connectivity index (χ4v) is 8.04. The fraction of sp³-hybridized carbons (Fsp3) is 0.435. The van der Waals surface area contributed by atoms with Gasteiger partial charge < -0.3 is 39.8 Å². The van der Waals surface area contributed by atoms with Crippen molar-refractivity contribution < 1.29 is 41.8 Å². The number of hydrogen-bond donors (Lipinski definition) is 3. The average Bonchev–Trinajstić information content (AvgIpc) is 3.80. The van der Waals surface area contributed by atoms with Crippen LogP contribution in [0.3, 0.4) is 0 Å². The van der Waals surface area contributed by atoms with E-state index in [0.717, 1.165) is 24.5 Å². The van der Waals surface area contributed by atoms with E-state index in [9.17, 15) is 32.3 Å². The van der Waals surface area contributed by atoms with Crippen molar-refractivity contribution in [3.8, 4) is 28.1 Å². The first-order chi connectivity index (χ1) is 29.8. The van der Waals surface area contributed by atoms with Crippen LogP contribution in [0.5, 0.6) is 5.75 Å². The molecule has 63 heavy (non-hydrogen) atoms. The van der Waals surface area contributed by atoms with Gasteiger partial charge in [-0.15, -0.1) is 13.2 Å². The summed E-state index contributed by atoms with van der Waals surface area (Å²) in [5.74, 6) is 0.0188. The largest absolute Gasteiger partial charge is 0.573 e. The number of H-pyrrole nitrogens is 1. The molecular formula is C46H53F3N8O6. The second-order valence-electron chi connectivity index (χ2n) is 17.7. The van der Waals surface area contributed by atoms with E-state index < -0.39 is 41.6 Å². The summed E-state index contributed by atoms with van der Waals surface area (Å²) in [6.07, 6.45) is 1.54. The Balaban J connectivity index is 1.05. The lowest BCUT2D eigenvalue weighted by Crippen LogP contribution is -2.56. The molecule has 3 atom stereocenters. The first-order valence-electron chi connectivity index (χ1n) is 21.0. The van der Waals surface area contributed by atoms with Crippen molar-refractivity contribution in [1.82, 2.24) is 30.1 Å². The number of imidazole rings is 1. The van der Waals surface area contributed by atoms with Gasteiger partial charge in [0.25, 0.3) is 5.91 Å². The van der Waals surface area contributed by atoms with Gasteiger partial charge in [0.15, 0.2) is 0 Å². The van der Waals surface area contributed by atoms with Crippen molar-refractivity contribution in [2.45, 2.75) is 78.9 Å². The quantitative estimate of drug-likeness (QED) is 0.127. The summed E-state index contributed by atoms with van der Waals surface area (Å²) in [6.45, 7) is 13.5. The molecule has 2 aromatic heterocycles. The summed E-state index contributed by atoms with van der Waals surface area (Å²) in [4.78, 5) is 70.3. The third-order valence-electron chi connectivity index (χ3n) is 11.5. The van der Waals surface area contributed by atoms with Gasteiger partial charge in [-0.3, -0.25) is 14.4 Å². The van der Waals surface area contributed by atoms with Crippen molar-refractivity contribution >= 4 is 35.3 Å². The summed E-state index contributed by atoms with van der Waals surface area (Å²) < 4.78 is 50.5. The molecule has 3 aliphatic rings. The third-order valence-corrected chi connectivity index (χ3v) is 11.5. The highest BCUT2D eigenvalue weighted by atomic mass is 19.4. The molecule has 1 saturated carbocycles. The lowest BCUT2D eigenvalue weighted by Gasteiger charge is -2.42. The van der Waals surface area contributed by atoms with Crippen LogP contribution in [0.2, 0.25) is 0 Å². The van der Waals surface area contributed by atoms with Crippen LogP contribution in [0.15, 0.2) is 78.6 Å². The molecule has 3 N–H and O–H groups in total. The molecule has 0 spiro atoms. The number of methoxy groups -OCH3 is 1. The molecule has 0 bridgehead atoms.